The molecule has 17 heavy (non-hydrogen) atoms. The van der Waals surface area contributed by atoms with Crippen molar-refractivity contribution >= 4 is 22.5 Å². The summed E-state index contributed by atoms with van der Waals surface area (Å²) in [5.74, 6) is 0.383. The van der Waals surface area contributed by atoms with E-state index in [1.807, 2.05) is 13.0 Å². The summed E-state index contributed by atoms with van der Waals surface area (Å²) in [4.78, 5) is 8.35. The summed E-state index contributed by atoms with van der Waals surface area (Å²) in [5.41, 5.74) is 7.33. The Morgan fingerprint density at radius 1 is 1.24 bits per heavy atom. The maximum Gasteiger partial charge on any atom is 0.240 e. The number of aryl methyl sites for hydroxylation is 2. The molecular weight excluding hydrogens is 221 g/mol. The Hall–Kier alpha value is -2.24. The zero-order valence-electron chi connectivity index (χ0n) is 9.40. The fourth-order valence-electron chi connectivity index (χ4n) is 1.97. The van der Waals surface area contributed by atoms with Crippen LogP contribution in [0.1, 0.15) is 11.4 Å². The SMILES string of the molecule is Cc1cc(F)c2c(c1)nc(C)n1nc(N)nc21. The smallest absolute Gasteiger partial charge is 0.240 e. The number of hydrogen-bond acceptors (Lipinski definition) is 4. The van der Waals surface area contributed by atoms with Crippen LogP contribution >= 0.6 is 0 Å². The lowest BCUT2D eigenvalue weighted by Gasteiger charge is -2.04. The first kappa shape index (κ1) is 9.95. The van der Waals surface area contributed by atoms with Crippen LogP contribution in [0.5, 0.6) is 0 Å². The Balaban J connectivity index is 2.62. The van der Waals surface area contributed by atoms with Crippen LogP contribution in [0, 0.1) is 19.7 Å². The van der Waals surface area contributed by atoms with Crippen LogP contribution in [0.15, 0.2) is 12.1 Å². The third kappa shape index (κ3) is 1.33. The molecule has 0 aliphatic rings. The third-order valence-electron chi connectivity index (χ3n) is 2.65. The second kappa shape index (κ2) is 3.13. The van der Waals surface area contributed by atoms with E-state index in [9.17, 15) is 4.39 Å². The van der Waals surface area contributed by atoms with Gasteiger partial charge in [0.15, 0.2) is 5.65 Å². The summed E-state index contributed by atoms with van der Waals surface area (Å²) in [6.07, 6.45) is 0. The number of aromatic nitrogens is 4. The number of rotatable bonds is 0. The number of nitrogens with zero attached hydrogens (tertiary/aromatic N) is 4. The first-order valence-electron chi connectivity index (χ1n) is 5.15. The van der Waals surface area contributed by atoms with Crippen LogP contribution in [0.3, 0.4) is 0 Å². The molecule has 1 aromatic carbocycles. The zero-order valence-corrected chi connectivity index (χ0v) is 9.40. The number of hydrogen-bond donors (Lipinski definition) is 1. The molecule has 86 valence electrons. The molecule has 0 atom stereocenters. The summed E-state index contributed by atoms with van der Waals surface area (Å²) in [7, 11) is 0. The lowest BCUT2D eigenvalue weighted by Crippen LogP contribution is -2.00. The van der Waals surface area contributed by atoms with Crippen molar-refractivity contribution in [3.8, 4) is 0 Å². The summed E-state index contributed by atoms with van der Waals surface area (Å²) in [6.45, 7) is 3.60. The van der Waals surface area contributed by atoms with Crippen LogP contribution in [0.25, 0.3) is 16.6 Å². The van der Waals surface area contributed by atoms with Crippen molar-refractivity contribution < 1.29 is 4.39 Å². The second-order valence-electron chi connectivity index (χ2n) is 4.01. The van der Waals surface area contributed by atoms with Crippen molar-refractivity contribution in [2.45, 2.75) is 13.8 Å². The molecule has 0 aliphatic heterocycles. The molecule has 0 aliphatic carbocycles. The van der Waals surface area contributed by atoms with Gasteiger partial charge < -0.3 is 5.73 Å². The summed E-state index contributed by atoms with van der Waals surface area (Å²) < 4.78 is 15.4. The molecule has 0 amide bonds. The topological polar surface area (TPSA) is 69.1 Å². The molecule has 0 saturated carbocycles. The second-order valence-corrected chi connectivity index (χ2v) is 4.01. The first-order chi connectivity index (χ1) is 8.06. The number of fused-ring (bicyclic) bond motifs is 3. The quantitative estimate of drug-likeness (QED) is 0.638. The van der Waals surface area contributed by atoms with E-state index in [2.05, 4.69) is 15.1 Å². The van der Waals surface area contributed by atoms with E-state index in [-0.39, 0.29) is 11.8 Å². The lowest BCUT2D eigenvalue weighted by molar-refractivity contribution is 0.638. The maximum atomic E-state index is 14.0. The zero-order chi connectivity index (χ0) is 12.2. The van der Waals surface area contributed by atoms with Gasteiger partial charge in [-0.25, -0.2) is 9.37 Å². The van der Waals surface area contributed by atoms with Gasteiger partial charge in [0.2, 0.25) is 5.95 Å². The molecule has 0 fully saturated rings. The Morgan fingerprint density at radius 3 is 2.76 bits per heavy atom. The first-order valence-corrected chi connectivity index (χ1v) is 5.15. The van der Waals surface area contributed by atoms with Crippen molar-refractivity contribution in [2.24, 2.45) is 0 Å². The van der Waals surface area contributed by atoms with Crippen molar-refractivity contribution in [2.75, 3.05) is 5.73 Å². The molecule has 0 bridgehead atoms. The largest absolute Gasteiger partial charge is 0.366 e. The number of nitrogen functional groups attached to an aromatic ring is 1. The maximum absolute atomic E-state index is 14.0. The van der Waals surface area contributed by atoms with E-state index in [4.69, 9.17) is 5.73 Å². The number of anilines is 1. The van der Waals surface area contributed by atoms with Gasteiger partial charge >= 0.3 is 0 Å². The van der Waals surface area contributed by atoms with Crippen LogP contribution in [-0.2, 0) is 0 Å². The Bertz CT molecular complexity index is 747. The minimum absolute atomic E-state index is 0.113. The lowest BCUT2D eigenvalue weighted by atomic mass is 10.1. The van der Waals surface area contributed by atoms with Gasteiger partial charge in [0.1, 0.15) is 11.6 Å². The molecule has 0 unspecified atom stereocenters. The molecule has 2 N–H and O–H groups in total. The highest BCUT2D eigenvalue weighted by molar-refractivity contribution is 5.92. The third-order valence-corrected chi connectivity index (χ3v) is 2.65. The standard InChI is InChI=1S/C11H10FN5/c1-5-3-7(12)9-8(4-5)14-6(2)17-10(9)15-11(13)16-17/h3-4H,1-2H3,(H2,13,16). The summed E-state index contributed by atoms with van der Waals surface area (Å²) in [5, 5.41) is 4.33. The van der Waals surface area contributed by atoms with Crippen LogP contribution in [-0.4, -0.2) is 19.6 Å². The average molecular weight is 231 g/mol. The molecule has 3 rings (SSSR count). The van der Waals surface area contributed by atoms with E-state index in [0.717, 1.165) is 5.56 Å². The number of benzene rings is 1. The molecule has 0 saturated heterocycles. The van der Waals surface area contributed by atoms with Gasteiger partial charge in [0, 0.05) is 0 Å². The minimum Gasteiger partial charge on any atom is -0.366 e. The normalized spacial score (nSPS) is 11.5. The van der Waals surface area contributed by atoms with E-state index < -0.39 is 0 Å². The Morgan fingerprint density at radius 2 is 2.00 bits per heavy atom. The molecule has 3 aromatic rings. The Kier molecular flexibility index (Phi) is 1.83. The minimum atomic E-state index is -0.357. The van der Waals surface area contributed by atoms with Gasteiger partial charge in [-0.2, -0.15) is 9.50 Å². The molecule has 5 nitrogen and oxygen atoms in total. The van der Waals surface area contributed by atoms with Gasteiger partial charge in [-0.3, -0.25) is 0 Å². The molecule has 6 heteroatoms. The average Bonchev–Trinajstić information content (AvgIpc) is 2.58. The predicted molar refractivity (Wildman–Crippen MR) is 62.1 cm³/mol. The highest BCUT2D eigenvalue weighted by atomic mass is 19.1. The molecular formula is C11H10FN5. The van der Waals surface area contributed by atoms with Gasteiger partial charge in [-0.05, 0) is 31.5 Å². The van der Waals surface area contributed by atoms with Gasteiger partial charge in [0.05, 0.1) is 10.9 Å². The fourth-order valence-corrected chi connectivity index (χ4v) is 1.97. The highest BCUT2D eigenvalue weighted by Gasteiger charge is 2.13. The van der Waals surface area contributed by atoms with Gasteiger partial charge in [-0.15, -0.1) is 5.10 Å². The highest BCUT2D eigenvalue weighted by Crippen LogP contribution is 2.23. The van der Waals surface area contributed by atoms with E-state index in [0.29, 0.717) is 22.4 Å². The van der Waals surface area contributed by atoms with E-state index in [1.54, 1.807) is 6.92 Å². The van der Waals surface area contributed by atoms with Gasteiger partial charge in [0.25, 0.3) is 0 Å². The van der Waals surface area contributed by atoms with Crippen molar-refractivity contribution in [1.29, 1.82) is 0 Å². The number of halogens is 1. The monoisotopic (exact) mass is 231 g/mol. The van der Waals surface area contributed by atoms with E-state index >= 15 is 0 Å². The van der Waals surface area contributed by atoms with Crippen molar-refractivity contribution in [3.05, 3.63) is 29.3 Å². The van der Waals surface area contributed by atoms with Crippen LogP contribution in [0.4, 0.5) is 10.3 Å². The van der Waals surface area contributed by atoms with Crippen molar-refractivity contribution in [3.63, 3.8) is 0 Å². The van der Waals surface area contributed by atoms with Crippen LogP contribution < -0.4 is 5.73 Å². The van der Waals surface area contributed by atoms with Crippen molar-refractivity contribution in [1.82, 2.24) is 19.6 Å². The fraction of sp³-hybridized carbons (Fsp3) is 0.182. The molecule has 2 aromatic heterocycles. The molecule has 0 spiro atoms. The number of nitrogens with two attached hydrogens (primary N) is 1. The predicted octanol–water partition coefficient (Wildman–Crippen LogP) is 1.62. The summed E-state index contributed by atoms with van der Waals surface area (Å²) in [6, 6.07) is 3.26. The Labute approximate surface area is 96.1 Å². The summed E-state index contributed by atoms with van der Waals surface area (Å²) >= 11 is 0. The molecule has 2 heterocycles. The van der Waals surface area contributed by atoms with Gasteiger partial charge in [-0.1, -0.05) is 0 Å². The van der Waals surface area contributed by atoms with E-state index in [1.165, 1.54) is 10.6 Å². The molecule has 0 radical (unpaired) electrons. The van der Waals surface area contributed by atoms with Crippen LogP contribution in [0.2, 0.25) is 0 Å².